The molecule has 10 rings (SSSR count). The van der Waals surface area contributed by atoms with Gasteiger partial charge in [-0.15, -0.1) is 11.3 Å². The van der Waals surface area contributed by atoms with Gasteiger partial charge in [-0.1, -0.05) is 91.0 Å². The highest BCUT2D eigenvalue weighted by Gasteiger charge is 2.19. The largest absolute Gasteiger partial charge is 0.309 e. The predicted octanol–water partition coefficient (Wildman–Crippen LogP) is 9.05. The van der Waals surface area contributed by atoms with Crippen LogP contribution in [0.25, 0.3) is 82.1 Å². The summed E-state index contributed by atoms with van der Waals surface area (Å²) in [4.78, 5) is 14.0. The third kappa shape index (κ3) is 4.10. The van der Waals surface area contributed by atoms with Crippen molar-refractivity contribution >= 4 is 65.0 Å². The van der Waals surface area contributed by atoms with Crippen molar-refractivity contribution in [3.63, 3.8) is 0 Å². The molecular formula is C42H26N4S. The molecule has 9 aromatic rings. The highest BCUT2D eigenvalue weighted by atomic mass is 32.1. The van der Waals surface area contributed by atoms with Crippen LogP contribution in [0.4, 0.5) is 0 Å². The van der Waals surface area contributed by atoms with E-state index < -0.39 is 0 Å². The van der Waals surface area contributed by atoms with E-state index in [9.17, 15) is 0 Å². The van der Waals surface area contributed by atoms with Crippen molar-refractivity contribution in [3.8, 4) is 28.5 Å². The second kappa shape index (κ2) is 10.3. The Balaban J connectivity index is 1.23. The Bertz CT molecular complexity index is 2810. The van der Waals surface area contributed by atoms with Gasteiger partial charge in [-0.25, -0.2) is 15.0 Å². The Kier molecular flexibility index (Phi) is 5.77. The summed E-state index contributed by atoms with van der Waals surface area (Å²) in [5.74, 6) is 1.34. The van der Waals surface area contributed by atoms with Gasteiger partial charge < -0.3 is 4.57 Å². The van der Waals surface area contributed by atoms with E-state index in [1.165, 1.54) is 58.0 Å². The average molecular weight is 619 g/mol. The van der Waals surface area contributed by atoms with Gasteiger partial charge in [-0.05, 0) is 76.5 Å². The Morgan fingerprint density at radius 1 is 0.574 bits per heavy atom. The Morgan fingerprint density at radius 3 is 2.17 bits per heavy atom. The maximum atomic E-state index is 4.89. The van der Waals surface area contributed by atoms with E-state index in [0.717, 1.165) is 28.8 Å². The lowest BCUT2D eigenvalue weighted by Gasteiger charge is -2.08. The number of hydrogen-bond donors (Lipinski definition) is 0. The summed E-state index contributed by atoms with van der Waals surface area (Å²) in [6, 6.07) is 47.7. The number of rotatable bonds is 4. The summed E-state index contributed by atoms with van der Waals surface area (Å²) >= 11 is 1.88. The molecule has 0 atom stereocenters. The van der Waals surface area contributed by atoms with Gasteiger partial charge in [0.2, 0.25) is 0 Å². The lowest BCUT2D eigenvalue weighted by Crippen LogP contribution is -2.21. The molecule has 6 aromatic carbocycles. The van der Waals surface area contributed by atoms with Gasteiger partial charge in [0.15, 0.2) is 11.6 Å². The molecular weight excluding hydrogens is 593 g/mol. The fraction of sp³-hybridized carbons (Fsp3) is 0.0238. The van der Waals surface area contributed by atoms with E-state index in [4.69, 9.17) is 4.98 Å². The maximum Gasteiger partial charge on any atom is 0.163 e. The molecule has 0 radical (unpaired) electrons. The second-order valence-electron chi connectivity index (χ2n) is 12.0. The maximum absolute atomic E-state index is 4.89. The zero-order chi connectivity index (χ0) is 30.9. The zero-order valence-electron chi connectivity index (χ0n) is 25.3. The van der Waals surface area contributed by atoms with E-state index in [0.29, 0.717) is 11.6 Å². The normalized spacial score (nSPS) is 12.7. The Labute approximate surface area is 274 Å². The summed E-state index contributed by atoms with van der Waals surface area (Å²) in [5.41, 5.74) is 8.14. The first-order valence-electron chi connectivity index (χ1n) is 15.8. The van der Waals surface area contributed by atoms with Crippen LogP contribution in [-0.4, -0.2) is 19.5 Å². The quantitative estimate of drug-likeness (QED) is 0.198. The SMILES string of the molecule is C1=c2ccccc2=C(c2ccc3sc4c(ccc5c4c4cc(-c6ncnc(-c7ccccc7)n6)ccc4n5-c4ccccc4)c3c2)C1. The van der Waals surface area contributed by atoms with Gasteiger partial charge in [-0.3, -0.25) is 0 Å². The summed E-state index contributed by atoms with van der Waals surface area (Å²) in [6.45, 7) is 0. The van der Waals surface area contributed by atoms with E-state index in [1.54, 1.807) is 6.33 Å². The van der Waals surface area contributed by atoms with E-state index in [1.807, 2.05) is 41.7 Å². The summed E-state index contributed by atoms with van der Waals surface area (Å²) in [6.07, 6.45) is 4.92. The van der Waals surface area contributed by atoms with Gasteiger partial charge in [0, 0.05) is 47.8 Å². The van der Waals surface area contributed by atoms with Crippen molar-refractivity contribution in [1.82, 2.24) is 19.5 Å². The van der Waals surface area contributed by atoms with Gasteiger partial charge in [0.25, 0.3) is 0 Å². The first kappa shape index (κ1) is 26.3. The minimum absolute atomic E-state index is 0.667. The van der Waals surface area contributed by atoms with E-state index in [2.05, 4.69) is 124 Å². The highest BCUT2D eigenvalue weighted by molar-refractivity contribution is 7.26. The molecule has 5 heteroatoms. The number of para-hydroxylation sites is 1. The average Bonchev–Trinajstić information content (AvgIpc) is 3.83. The minimum Gasteiger partial charge on any atom is -0.309 e. The molecule has 220 valence electrons. The van der Waals surface area contributed by atoms with Crippen LogP contribution >= 0.6 is 11.3 Å². The molecule has 1 aliphatic carbocycles. The van der Waals surface area contributed by atoms with Crippen LogP contribution in [0, 0.1) is 0 Å². The van der Waals surface area contributed by atoms with Crippen molar-refractivity contribution in [2.24, 2.45) is 0 Å². The van der Waals surface area contributed by atoms with Crippen LogP contribution in [0.15, 0.2) is 140 Å². The van der Waals surface area contributed by atoms with Crippen LogP contribution in [0.2, 0.25) is 0 Å². The first-order valence-corrected chi connectivity index (χ1v) is 16.6. The van der Waals surface area contributed by atoms with Gasteiger partial charge in [0.1, 0.15) is 6.33 Å². The van der Waals surface area contributed by atoms with Crippen LogP contribution in [-0.2, 0) is 0 Å². The third-order valence-electron chi connectivity index (χ3n) is 9.40. The molecule has 0 saturated heterocycles. The van der Waals surface area contributed by atoms with Crippen molar-refractivity contribution in [3.05, 3.63) is 156 Å². The third-order valence-corrected chi connectivity index (χ3v) is 10.6. The van der Waals surface area contributed by atoms with Crippen molar-refractivity contribution in [2.45, 2.75) is 6.42 Å². The van der Waals surface area contributed by atoms with Crippen LogP contribution in [0.1, 0.15) is 12.0 Å². The standard InChI is InChI=1S/C42H26N4S/c1-3-10-27(11-4-1)41-43-25-44-42(45-41)29-16-20-36-35(24-29)39-37(46(36)30-12-5-2-6-13-30)21-19-33-34-23-28(17-22-38(34)47-40(33)39)32-18-15-26-9-7-8-14-31(26)32/h1-17,19-25H,18H2. The smallest absolute Gasteiger partial charge is 0.163 e. The zero-order valence-corrected chi connectivity index (χ0v) is 26.1. The summed E-state index contributed by atoms with van der Waals surface area (Å²) in [7, 11) is 0. The fourth-order valence-corrected chi connectivity index (χ4v) is 8.47. The summed E-state index contributed by atoms with van der Waals surface area (Å²) < 4.78 is 4.98. The molecule has 3 heterocycles. The van der Waals surface area contributed by atoms with E-state index >= 15 is 0 Å². The number of thiophene rings is 1. The number of fused-ring (bicyclic) bond motifs is 8. The van der Waals surface area contributed by atoms with Gasteiger partial charge in [0.05, 0.1) is 11.0 Å². The molecule has 0 amide bonds. The molecule has 1 aliphatic rings. The molecule has 0 aliphatic heterocycles. The molecule has 0 fully saturated rings. The number of aromatic nitrogens is 4. The molecule has 0 unspecified atom stereocenters. The molecule has 4 nitrogen and oxygen atoms in total. The van der Waals surface area contributed by atoms with Crippen molar-refractivity contribution in [2.75, 3.05) is 0 Å². The molecule has 0 saturated carbocycles. The number of nitrogens with zero attached hydrogens (tertiary/aromatic N) is 4. The first-order chi connectivity index (χ1) is 23.3. The lowest BCUT2D eigenvalue weighted by atomic mass is 10.00. The highest BCUT2D eigenvalue weighted by Crippen LogP contribution is 2.44. The summed E-state index contributed by atoms with van der Waals surface area (Å²) in [5, 5.41) is 7.73. The topological polar surface area (TPSA) is 43.6 Å². The van der Waals surface area contributed by atoms with Crippen molar-refractivity contribution in [1.29, 1.82) is 0 Å². The fourth-order valence-electron chi connectivity index (χ4n) is 7.23. The lowest BCUT2D eigenvalue weighted by molar-refractivity contribution is 1.07. The van der Waals surface area contributed by atoms with Crippen LogP contribution in [0.3, 0.4) is 0 Å². The Hall–Kier alpha value is -5.91. The van der Waals surface area contributed by atoms with Crippen LogP contribution in [0.5, 0.6) is 0 Å². The minimum atomic E-state index is 0.667. The molecule has 0 N–H and O–H groups in total. The van der Waals surface area contributed by atoms with Crippen LogP contribution < -0.4 is 10.4 Å². The number of benzene rings is 6. The van der Waals surface area contributed by atoms with Gasteiger partial charge in [-0.2, -0.15) is 0 Å². The molecule has 0 bridgehead atoms. The monoisotopic (exact) mass is 618 g/mol. The van der Waals surface area contributed by atoms with Crippen molar-refractivity contribution < 1.29 is 0 Å². The molecule has 3 aromatic heterocycles. The van der Waals surface area contributed by atoms with E-state index in [-0.39, 0.29) is 0 Å². The van der Waals surface area contributed by atoms with Gasteiger partial charge >= 0.3 is 0 Å². The molecule has 0 spiro atoms. The Morgan fingerprint density at radius 2 is 1.30 bits per heavy atom. The number of hydrogen-bond acceptors (Lipinski definition) is 4. The second-order valence-corrected chi connectivity index (χ2v) is 13.1. The molecule has 47 heavy (non-hydrogen) atoms. The predicted molar refractivity (Wildman–Crippen MR) is 195 cm³/mol.